The third kappa shape index (κ3) is 3.73. The summed E-state index contributed by atoms with van der Waals surface area (Å²) in [5.41, 5.74) is 0. The highest BCUT2D eigenvalue weighted by molar-refractivity contribution is 7.86. The van der Waals surface area contributed by atoms with E-state index in [1.165, 1.54) is 0 Å². The molecule has 0 bridgehead atoms. The maximum absolute atomic E-state index is 12.5. The molecule has 0 saturated carbocycles. The van der Waals surface area contributed by atoms with E-state index in [2.05, 4.69) is 0 Å². The minimum absolute atomic E-state index is 0.0606. The molecule has 1 aliphatic heterocycles. The zero-order chi connectivity index (χ0) is 12.3. The number of hydrogen-bond donors (Lipinski definition) is 0. The summed E-state index contributed by atoms with van der Waals surface area (Å²) in [4.78, 5) is 13.3. The first-order valence-electron chi connectivity index (χ1n) is 5.55. The molecular formula is C10H18FNO3S. The van der Waals surface area contributed by atoms with Gasteiger partial charge in [-0.1, -0.05) is 13.3 Å². The molecule has 1 saturated heterocycles. The smallest absolute Gasteiger partial charge is 0.302 e. The van der Waals surface area contributed by atoms with Crippen LogP contribution in [0.3, 0.4) is 0 Å². The summed E-state index contributed by atoms with van der Waals surface area (Å²) in [5, 5.41) is 0. The number of rotatable bonds is 5. The van der Waals surface area contributed by atoms with Crippen LogP contribution in [-0.4, -0.2) is 37.6 Å². The Hall–Kier alpha value is -0.650. The van der Waals surface area contributed by atoms with Gasteiger partial charge in [0.25, 0.3) is 0 Å². The zero-order valence-corrected chi connectivity index (χ0v) is 10.5. The summed E-state index contributed by atoms with van der Waals surface area (Å²) >= 11 is 0. The molecule has 0 spiro atoms. The van der Waals surface area contributed by atoms with Crippen LogP contribution < -0.4 is 0 Å². The zero-order valence-electron chi connectivity index (χ0n) is 9.65. The third-order valence-electron chi connectivity index (χ3n) is 2.91. The van der Waals surface area contributed by atoms with Gasteiger partial charge in [-0.3, -0.25) is 4.79 Å². The van der Waals surface area contributed by atoms with Gasteiger partial charge in [0.2, 0.25) is 5.91 Å². The summed E-state index contributed by atoms with van der Waals surface area (Å²) in [6, 6.07) is 0.116. The van der Waals surface area contributed by atoms with Crippen LogP contribution in [0.2, 0.25) is 0 Å². The van der Waals surface area contributed by atoms with Gasteiger partial charge in [-0.05, 0) is 13.3 Å². The quantitative estimate of drug-likeness (QED) is 0.692. The van der Waals surface area contributed by atoms with Gasteiger partial charge in [0.1, 0.15) is 0 Å². The van der Waals surface area contributed by atoms with Gasteiger partial charge in [-0.15, -0.1) is 3.89 Å². The predicted octanol–water partition coefficient (Wildman–Crippen LogP) is 1.32. The van der Waals surface area contributed by atoms with Crippen molar-refractivity contribution in [2.75, 3.05) is 12.3 Å². The standard InChI is InChI=1S/C10H18FNO3S/c1-3-4-8(2)12-6-9(5-10(12)13)7-16(11,14)15/h8-9H,3-7H2,1-2H3. The van der Waals surface area contributed by atoms with Crippen molar-refractivity contribution >= 4 is 16.1 Å². The lowest BCUT2D eigenvalue weighted by Gasteiger charge is -2.24. The average Bonchev–Trinajstić information content (AvgIpc) is 2.44. The van der Waals surface area contributed by atoms with E-state index < -0.39 is 16.0 Å². The predicted molar refractivity (Wildman–Crippen MR) is 59.1 cm³/mol. The van der Waals surface area contributed by atoms with Crippen LogP contribution in [0.4, 0.5) is 3.89 Å². The summed E-state index contributed by atoms with van der Waals surface area (Å²) in [6.07, 6.45) is 2.01. The highest BCUT2D eigenvalue weighted by Crippen LogP contribution is 2.23. The van der Waals surface area contributed by atoms with Crippen LogP contribution in [0, 0.1) is 5.92 Å². The summed E-state index contributed by atoms with van der Waals surface area (Å²) in [7, 11) is -4.47. The molecule has 6 heteroatoms. The van der Waals surface area contributed by atoms with Crippen molar-refractivity contribution in [1.82, 2.24) is 4.90 Å². The second-order valence-corrected chi connectivity index (χ2v) is 5.87. The average molecular weight is 251 g/mol. The van der Waals surface area contributed by atoms with Crippen LogP contribution in [0.5, 0.6) is 0 Å². The molecule has 1 aliphatic rings. The largest absolute Gasteiger partial charge is 0.340 e. The molecule has 0 aromatic heterocycles. The van der Waals surface area contributed by atoms with Crippen LogP contribution in [0.1, 0.15) is 33.1 Å². The van der Waals surface area contributed by atoms with Gasteiger partial charge in [0.05, 0.1) is 5.75 Å². The van der Waals surface area contributed by atoms with Gasteiger partial charge >= 0.3 is 10.2 Å². The first-order chi connectivity index (χ1) is 7.33. The number of nitrogens with zero attached hydrogens (tertiary/aromatic N) is 1. The molecule has 0 aliphatic carbocycles. The number of carbonyl (C=O) groups is 1. The number of halogens is 1. The molecular weight excluding hydrogens is 233 g/mol. The molecule has 0 aromatic rings. The number of likely N-dealkylation sites (tertiary alicyclic amines) is 1. The number of amides is 1. The Morgan fingerprint density at radius 1 is 1.56 bits per heavy atom. The summed E-state index contributed by atoms with van der Waals surface area (Å²) < 4.78 is 33.5. The van der Waals surface area contributed by atoms with Crippen molar-refractivity contribution in [3.63, 3.8) is 0 Å². The molecule has 0 N–H and O–H groups in total. The molecule has 2 atom stereocenters. The molecule has 16 heavy (non-hydrogen) atoms. The summed E-state index contributed by atoms with van der Waals surface area (Å²) in [5.74, 6) is -0.981. The fraction of sp³-hybridized carbons (Fsp3) is 0.900. The lowest BCUT2D eigenvalue weighted by Crippen LogP contribution is -2.34. The van der Waals surface area contributed by atoms with Crippen LogP contribution >= 0.6 is 0 Å². The molecule has 1 rings (SSSR count). The van der Waals surface area contributed by atoms with Gasteiger partial charge in [-0.25, -0.2) is 0 Å². The van der Waals surface area contributed by atoms with Crippen molar-refractivity contribution in [1.29, 1.82) is 0 Å². The number of hydrogen-bond acceptors (Lipinski definition) is 3. The Labute approximate surface area is 96.0 Å². The van der Waals surface area contributed by atoms with E-state index in [0.29, 0.717) is 6.54 Å². The van der Waals surface area contributed by atoms with E-state index in [-0.39, 0.29) is 24.3 Å². The van der Waals surface area contributed by atoms with Crippen molar-refractivity contribution in [2.45, 2.75) is 39.2 Å². The van der Waals surface area contributed by atoms with Crippen molar-refractivity contribution < 1.29 is 17.1 Å². The molecule has 0 aromatic carbocycles. The van der Waals surface area contributed by atoms with E-state index in [1.54, 1.807) is 4.90 Å². The molecule has 4 nitrogen and oxygen atoms in total. The van der Waals surface area contributed by atoms with Crippen LogP contribution in [0.15, 0.2) is 0 Å². The topological polar surface area (TPSA) is 54.5 Å². The first-order valence-corrected chi connectivity index (χ1v) is 7.10. The highest BCUT2D eigenvalue weighted by Gasteiger charge is 2.34. The number of carbonyl (C=O) groups excluding carboxylic acids is 1. The minimum atomic E-state index is -4.47. The van der Waals surface area contributed by atoms with Crippen LogP contribution in [0.25, 0.3) is 0 Å². The van der Waals surface area contributed by atoms with Gasteiger partial charge < -0.3 is 4.90 Å². The van der Waals surface area contributed by atoms with Crippen molar-refractivity contribution in [2.24, 2.45) is 5.92 Å². The van der Waals surface area contributed by atoms with E-state index in [9.17, 15) is 17.1 Å². The van der Waals surface area contributed by atoms with Gasteiger partial charge in [0.15, 0.2) is 0 Å². The van der Waals surface area contributed by atoms with Gasteiger partial charge in [0, 0.05) is 24.9 Å². The Bertz CT molecular complexity index is 355. The molecule has 0 radical (unpaired) electrons. The summed E-state index contributed by atoms with van der Waals surface area (Å²) in [6.45, 7) is 4.33. The first kappa shape index (κ1) is 13.4. The third-order valence-corrected chi connectivity index (χ3v) is 3.78. The van der Waals surface area contributed by atoms with E-state index in [0.717, 1.165) is 12.8 Å². The molecule has 94 valence electrons. The normalized spacial score (nSPS) is 23.8. The van der Waals surface area contributed by atoms with E-state index >= 15 is 0 Å². The maximum Gasteiger partial charge on any atom is 0.302 e. The molecule has 1 amide bonds. The Morgan fingerprint density at radius 2 is 2.19 bits per heavy atom. The van der Waals surface area contributed by atoms with E-state index in [4.69, 9.17) is 0 Å². The van der Waals surface area contributed by atoms with Crippen molar-refractivity contribution in [3.05, 3.63) is 0 Å². The lowest BCUT2D eigenvalue weighted by molar-refractivity contribution is -0.129. The fourth-order valence-electron chi connectivity index (χ4n) is 2.20. The van der Waals surface area contributed by atoms with E-state index in [1.807, 2.05) is 13.8 Å². The van der Waals surface area contributed by atoms with Crippen LogP contribution in [-0.2, 0) is 15.0 Å². The Balaban J connectivity index is 2.57. The molecule has 1 fully saturated rings. The Morgan fingerprint density at radius 3 is 2.69 bits per heavy atom. The van der Waals surface area contributed by atoms with Crippen molar-refractivity contribution in [3.8, 4) is 0 Å². The highest BCUT2D eigenvalue weighted by atomic mass is 32.3. The minimum Gasteiger partial charge on any atom is -0.340 e. The lowest BCUT2D eigenvalue weighted by atomic mass is 10.1. The second kappa shape index (κ2) is 5.12. The molecule has 1 heterocycles. The van der Waals surface area contributed by atoms with Gasteiger partial charge in [-0.2, -0.15) is 8.42 Å². The Kier molecular flexibility index (Phi) is 4.29. The molecule has 2 unspecified atom stereocenters. The SMILES string of the molecule is CCCC(C)N1CC(CS(=O)(=O)F)CC1=O. The fourth-order valence-corrected chi connectivity index (χ4v) is 2.99. The second-order valence-electron chi connectivity index (χ2n) is 4.46. The maximum atomic E-state index is 12.5. The monoisotopic (exact) mass is 251 g/mol.